The van der Waals surface area contributed by atoms with Gasteiger partial charge in [0.2, 0.25) is 0 Å². The van der Waals surface area contributed by atoms with E-state index in [1.165, 1.54) is 0 Å². The average molecular weight is 405 g/mol. The predicted molar refractivity (Wildman–Crippen MR) is 80.2 cm³/mol. The van der Waals surface area contributed by atoms with E-state index in [0.717, 1.165) is 3.57 Å². The molecular formula is C12H12IN3O5. The third kappa shape index (κ3) is 6.21. The Morgan fingerprint density at radius 2 is 1.86 bits per heavy atom. The van der Waals surface area contributed by atoms with Crippen molar-refractivity contribution in [1.82, 2.24) is 10.6 Å². The van der Waals surface area contributed by atoms with E-state index in [-0.39, 0.29) is 0 Å². The molecule has 8 nitrogen and oxygen atoms in total. The molecule has 0 saturated carbocycles. The maximum Gasteiger partial charge on any atom is 0.325 e. The van der Waals surface area contributed by atoms with E-state index in [0.29, 0.717) is 5.56 Å². The van der Waals surface area contributed by atoms with Crippen molar-refractivity contribution in [3.05, 3.63) is 33.4 Å². The Morgan fingerprint density at radius 3 is 2.48 bits per heavy atom. The summed E-state index contributed by atoms with van der Waals surface area (Å²) in [4.78, 5) is 44.4. The number of primary amides is 1. The van der Waals surface area contributed by atoms with Gasteiger partial charge in [-0.05, 0) is 34.7 Å². The minimum Gasteiger partial charge on any atom is -0.454 e. The first-order valence-electron chi connectivity index (χ1n) is 5.67. The summed E-state index contributed by atoms with van der Waals surface area (Å²) >= 11 is 2.00. The quantitative estimate of drug-likeness (QED) is 0.460. The Kier molecular flexibility index (Phi) is 6.59. The highest BCUT2D eigenvalue weighted by Crippen LogP contribution is 2.10. The number of hydrogen-bond acceptors (Lipinski definition) is 5. The molecule has 21 heavy (non-hydrogen) atoms. The lowest BCUT2D eigenvalue weighted by atomic mass is 10.2. The number of benzene rings is 1. The zero-order valence-electron chi connectivity index (χ0n) is 10.7. The number of nitrogens with one attached hydrogen (secondary N) is 2. The van der Waals surface area contributed by atoms with E-state index in [4.69, 9.17) is 5.73 Å². The first-order valence-corrected chi connectivity index (χ1v) is 6.75. The van der Waals surface area contributed by atoms with Crippen LogP contribution in [0, 0.1) is 3.57 Å². The molecule has 0 spiro atoms. The van der Waals surface area contributed by atoms with Crippen LogP contribution in [0.1, 0.15) is 10.4 Å². The number of hydrogen-bond donors (Lipinski definition) is 3. The molecular weight excluding hydrogens is 393 g/mol. The summed E-state index contributed by atoms with van der Waals surface area (Å²) in [6, 6.07) is 5.81. The average Bonchev–Trinajstić information content (AvgIpc) is 2.42. The first kappa shape index (κ1) is 16.9. The molecule has 0 saturated heterocycles. The predicted octanol–water partition coefficient (Wildman–Crippen LogP) is -0.241. The van der Waals surface area contributed by atoms with Crippen molar-refractivity contribution in [1.29, 1.82) is 0 Å². The number of nitrogens with two attached hydrogens (primary N) is 1. The highest BCUT2D eigenvalue weighted by atomic mass is 127. The molecule has 0 bridgehead atoms. The van der Waals surface area contributed by atoms with E-state index in [9.17, 15) is 19.2 Å². The fraction of sp³-hybridized carbons (Fsp3) is 0.167. The number of carbonyl (C=O) groups excluding carboxylic acids is 4. The number of rotatable bonds is 5. The molecule has 0 heterocycles. The number of imide groups is 1. The summed E-state index contributed by atoms with van der Waals surface area (Å²) in [6.45, 7) is -1.05. The van der Waals surface area contributed by atoms with Crippen LogP contribution in [0.15, 0.2) is 24.3 Å². The van der Waals surface area contributed by atoms with Crippen molar-refractivity contribution < 1.29 is 23.9 Å². The van der Waals surface area contributed by atoms with Gasteiger partial charge in [-0.3, -0.25) is 19.7 Å². The minimum absolute atomic E-state index is 0.395. The monoisotopic (exact) mass is 405 g/mol. The Labute approximate surface area is 133 Å². The van der Waals surface area contributed by atoms with E-state index in [1.807, 2.05) is 22.6 Å². The molecule has 0 aliphatic heterocycles. The fourth-order valence-corrected chi connectivity index (χ4v) is 1.90. The number of halogens is 1. The van der Waals surface area contributed by atoms with Crippen molar-refractivity contribution in [2.75, 3.05) is 13.2 Å². The van der Waals surface area contributed by atoms with E-state index in [2.05, 4.69) is 10.1 Å². The summed E-state index contributed by atoms with van der Waals surface area (Å²) in [5, 5.41) is 4.09. The van der Waals surface area contributed by atoms with Crippen molar-refractivity contribution in [3.8, 4) is 0 Å². The molecule has 0 unspecified atom stereocenters. The summed E-state index contributed by atoms with van der Waals surface area (Å²) < 4.78 is 5.28. The minimum atomic E-state index is -1.04. The van der Waals surface area contributed by atoms with Gasteiger partial charge < -0.3 is 15.8 Å². The fourth-order valence-electron chi connectivity index (χ4n) is 1.26. The zero-order valence-corrected chi connectivity index (χ0v) is 12.9. The van der Waals surface area contributed by atoms with Crippen LogP contribution >= 0.6 is 22.6 Å². The third-order valence-corrected chi connectivity index (χ3v) is 3.08. The molecule has 1 aromatic carbocycles. The van der Waals surface area contributed by atoms with Crippen LogP contribution in [0.5, 0.6) is 0 Å². The second-order valence-corrected chi connectivity index (χ2v) is 4.90. The highest BCUT2D eigenvalue weighted by molar-refractivity contribution is 14.1. The van der Waals surface area contributed by atoms with Crippen LogP contribution in [0.2, 0.25) is 0 Å². The molecule has 112 valence electrons. The van der Waals surface area contributed by atoms with Gasteiger partial charge in [-0.1, -0.05) is 12.1 Å². The van der Waals surface area contributed by atoms with Crippen LogP contribution < -0.4 is 16.4 Å². The van der Waals surface area contributed by atoms with Gasteiger partial charge in [0.05, 0.1) is 5.56 Å². The summed E-state index contributed by atoms with van der Waals surface area (Å²) in [7, 11) is 0. The lowest BCUT2D eigenvalue weighted by molar-refractivity contribution is -0.147. The number of esters is 1. The maximum absolute atomic E-state index is 11.8. The van der Waals surface area contributed by atoms with Gasteiger partial charge >= 0.3 is 12.0 Å². The molecule has 4 amide bonds. The summed E-state index contributed by atoms with van der Waals surface area (Å²) in [5.74, 6) is -2.09. The SMILES string of the molecule is NC(=O)NC(=O)COC(=O)CNC(=O)c1ccccc1I. The lowest BCUT2D eigenvalue weighted by Gasteiger charge is -2.07. The Hall–Kier alpha value is -2.17. The van der Waals surface area contributed by atoms with Crippen molar-refractivity contribution in [3.63, 3.8) is 0 Å². The maximum atomic E-state index is 11.8. The molecule has 4 N–H and O–H groups in total. The van der Waals surface area contributed by atoms with Gasteiger partial charge in [-0.2, -0.15) is 0 Å². The topological polar surface area (TPSA) is 128 Å². The standard InChI is InChI=1S/C12H12IN3O5/c13-8-4-2-1-3-7(8)11(19)15-5-10(18)21-6-9(17)16-12(14)20/h1-4H,5-6H2,(H,15,19)(H3,14,16,17,20). The number of ether oxygens (including phenoxy) is 1. The van der Waals surface area contributed by atoms with Crippen LogP contribution in [0.3, 0.4) is 0 Å². The third-order valence-electron chi connectivity index (χ3n) is 2.14. The summed E-state index contributed by atoms with van der Waals surface area (Å²) in [6.07, 6.45) is 0. The van der Waals surface area contributed by atoms with Crippen LogP contribution in [0.4, 0.5) is 4.79 Å². The largest absolute Gasteiger partial charge is 0.454 e. The summed E-state index contributed by atoms with van der Waals surface area (Å²) in [5.41, 5.74) is 5.14. The van der Waals surface area contributed by atoms with Gasteiger partial charge in [0.25, 0.3) is 11.8 Å². The van der Waals surface area contributed by atoms with Gasteiger partial charge in [-0.25, -0.2) is 4.79 Å². The molecule has 9 heteroatoms. The van der Waals surface area contributed by atoms with E-state index >= 15 is 0 Å². The van der Waals surface area contributed by atoms with E-state index in [1.54, 1.807) is 29.6 Å². The molecule has 0 aliphatic rings. The van der Waals surface area contributed by atoms with Crippen LogP contribution in [-0.2, 0) is 14.3 Å². The van der Waals surface area contributed by atoms with Gasteiger partial charge in [0.1, 0.15) is 6.54 Å². The molecule has 1 aromatic rings. The lowest BCUT2D eigenvalue weighted by Crippen LogP contribution is -2.39. The number of urea groups is 1. The van der Waals surface area contributed by atoms with Gasteiger partial charge in [-0.15, -0.1) is 0 Å². The van der Waals surface area contributed by atoms with Crippen LogP contribution in [-0.4, -0.2) is 37.0 Å². The second kappa shape index (κ2) is 8.19. The van der Waals surface area contributed by atoms with Crippen molar-refractivity contribution >= 4 is 46.4 Å². The zero-order chi connectivity index (χ0) is 15.8. The molecule has 0 aliphatic carbocycles. The van der Waals surface area contributed by atoms with Crippen molar-refractivity contribution in [2.24, 2.45) is 5.73 Å². The smallest absolute Gasteiger partial charge is 0.325 e. The number of carbonyl (C=O) groups is 4. The molecule has 1 rings (SSSR count). The van der Waals surface area contributed by atoms with E-state index < -0.39 is 37.0 Å². The van der Waals surface area contributed by atoms with Gasteiger partial charge in [0.15, 0.2) is 6.61 Å². The Morgan fingerprint density at radius 1 is 1.19 bits per heavy atom. The molecule has 0 atom stereocenters. The molecule has 0 aromatic heterocycles. The first-order chi connectivity index (χ1) is 9.90. The number of amides is 4. The second-order valence-electron chi connectivity index (χ2n) is 3.74. The Bertz CT molecular complexity index is 576. The Balaban J connectivity index is 2.36. The van der Waals surface area contributed by atoms with Crippen molar-refractivity contribution in [2.45, 2.75) is 0 Å². The highest BCUT2D eigenvalue weighted by Gasteiger charge is 2.12. The molecule has 0 fully saturated rings. The van der Waals surface area contributed by atoms with Crippen LogP contribution in [0.25, 0.3) is 0 Å². The normalized spacial score (nSPS) is 9.57. The van der Waals surface area contributed by atoms with Gasteiger partial charge in [0, 0.05) is 3.57 Å². The molecule has 0 radical (unpaired) electrons.